The molecule has 20 heavy (non-hydrogen) atoms. The third-order valence-electron chi connectivity index (χ3n) is 3.25. The standard InChI is InChI=1S/C15H21NO4/c1-14(2,3)20-13(18)16-9-15(19,10-16)12-7-5-4-6-11(12)8-17/h4-7,17,19H,8-10H2,1-3H3. The maximum atomic E-state index is 11.9. The first-order chi connectivity index (χ1) is 9.25. The van der Waals surface area contributed by atoms with Crippen LogP contribution in [-0.2, 0) is 16.9 Å². The van der Waals surface area contributed by atoms with E-state index in [1.54, 1.807) is 32.9 Å². The van der Waals surface area contributed by atoms with Gasteiger partial charge in [-0.25, -0.2) is 4.79 Å². The quantitative estimate of drug-likeness (QED) is 0.863. The molecule has 1 aromatic rings. The van der Waals surface area contributed by atoms with Crippen molar-refractivity contribution in [3.63, 3.8) is 0 Å². The van der Waals surface area contributed by atoms with Crippen LogP contribution in [0, 0.1) is 0 Å². The Bertz CT molecular complexity index is 501. The summed E-state index contributed by atoms with van der Waals surface area (Å²) in [5.41, 5.74) is -0.301. The molecule has 5 heteroatoms. The maximum Gasteiger partial charge on any atom is 0.410 e. The Morgan fingerprint density at radius 3 is 2.50 bits per heavy atom. The van der Waals surface area contributed by atoms with Gasteiger partial charge < -0.3 is 19.8 Å². The van der Waals surface area contributed by atoms with Crippen molar-refractivity contribution in [2.24, 2.45) is 0 Å². The lowest BCUT2D eigenvalue weighted by Crippen LogP contribution is -2.62. The number of benzene rings is 1. The van der Waals surface area contributed by atoms with Gasteiger partial charge in [0.05, 0.1) is 19.7 Å². The Balaban J connectivity index is 2.06. The molecule has 0 saturated carbocycles. The van der Waals surface area contributed by atoms with Gasteiger partial charge in [-0.05, 0) is 31.9 Å². The van der Waals surface area contributed by atoms with Crippen molar-refractivity contribution in [1.29, 1.82) is 0 Å². The zero-order chi connectivity index (χ0) is 15.0. The number of β-amino-alcohol motifs (C(OH)–C–C–N with tert-alkyl or cyclic N) is 1. The number of rotatable bonds is 2. The maximum absolute atomic E-state index is 11.9. The summed E-state index contributed by atoms with van der Waals surface area (Å²) in [4.78, 5) is 13.3. The summed E-state index contributed by atoms with van der Waals surface area (Å²) in [5, 5.41) is 19.9. The van der Waals surface area contributed by atoms with Crippen LogP contribution in [0.2, 0.25) is 0 Å². The first-order valence-corrected chi connectivity index (χ1v) is 6.65. The highest BCUT2D eigenvalue weighted by Crippen LogP contribution is 2.34. The van der Waals surface area contributed by atoms with Gasteiger partial charge in [-0.2, -0.15) is 0 Å². The molecule has 110 valence electrons. The fourth-order valence-electron chi connectivity index (χ4n) is 2.32. The van der Waals surface area contributed by atoms with Crippen LogP contribution in [-0.4, -0.2) is 39.9 Å². The molecule has 0 radical (unpaired) electrons. The summed E-state index contributed by atoms with van der Waals surface area (Å²) in [7, 11) is 0. The summed E-state index contributed by atoms with van der Waals surface area (Å²) in [6, 6.07) is 7.16. The lowest BCUT2D eigenvalue weighted by atomic mass is 9.83. The third-order valence-corrected chi connectivity index (χ3v) is 3.25. The summed E-state index contributed by atoms with van der Waals surface area (Å²) in [6.07, 6.45) is -0.427. The van der Waals surface area contributed by atoms with Crippen molar-refractivity contribution in [1.82, 2.24) is 4.90 Å². The lowest BCUT2D eigenvalue weighted by Gasteiger charge is -2.47. The molecule has 1 amide bonds. The van der Waals surface area contributed by atoms with E-state index < -0.39 is 17.3 Å². The Morgan fingerprint density at radius 1 is 1.35 bits per heavy atom. The fraction of sp³-hybridized carbons (Fsp3) is 0.533. The fourth-order valence-corrected chi connectivity index (χ4v) is 2.32. The van der Waals surface area contributed by atoms with Crippen molar-refractivity contribution in [3.8, 4) is 0 Å². The molecule has 0 aromatic heterocycles. The monoisotopic (exact) mass is 279 g/mol. The van der Waals surface area contributed by atoms with E-state index in [4.69, 9.17) is 4.74 Å². The summed E-state index contributed by atoms with van der Waals surface area (Å²) >= 11 is 0. The van der Waals surface area contributed by atoms with E-state index >= 15 is 0 Å². The molecule has 1 aromatic carbocycles. The van der Waals surface area contributed by atoms with Crippen LogP contribution < -0.4 is 0 Å². The molecule has 5 nitrogen and oxygen atoms in total. The van der Waals surface area contributed by atoms with Gasteiger partial charge in [0.25, 0.3) is 0 Å². The minimum absolute atomic E-state index is 0.134. The van der Waals surface area contributed by atoms with Gasteiger partial charge in [-0.1, -0.05) is 24.3 Å². The van der Waals surface area contributed by atoms with E-state index in [2.05, 4.69) is 0 Å². The van der Waals surface area contributed by atoms with Crippen LogP contribution in [0.15, 0.2) is 24.3 Å². The summed E-state index contributed by atoms with van der Waals surface area (Å²) in [6.45, 7) is 5.64. The van der Waals surface area contributed by atoms with E-state index in [0.29, 0.717) is 11.1 Å². The molecule has 1 fully saturated rings. The number of likely N-dealkylation sites (tertiary alicyclic amines) is 1. The first kappa shape index (κ1) is 14.8. The number of carbonyl (C=O) groups excluding carboxylic acids is 1. The average molecular weight is 279 g/mol. The number of hydrogen-bond acceptors (Lipinski definition) is 4. The normalized spacial score (nSPS) is 17.6. The van der Waals surface area contributed by atoms with Gasteiger partial charge >= 0.3 is 6.09 Å². The molecule has 2 N–H and O–H groups in total. The van der Waals surface area contributed by atoms with E-state index in [0.717, 1.165) is 0 Å². The average Bonchev–Trinajstić information content (AvgIpc) is 2.32. The predicted molar refractivity (Wildman–Crippen MR) is 74.1 cm³/mol. The van der Waals surface area contributed by atoms with Crippen LogP contribution in [0.25, 0.3) is 0 Å². The third kappa shape index (κ3) is 2.94. The number of nitrogens with zero attached hydrogens (tertiary/aromatic N) is 1. The minimum atomic E-state index is -1.10. The zero-order valence-electron chi connectivity index (χ0n) is 12.1. The number of hydrogen-bond donors (Lipinski definition) is 2. The van der Waals surface area contributed by atoms with Gasteiger partial charge in [0.1, 0.15) is 11.2 Å². The Kier molecular flexibility index (Phi) is 3.75. The van der Waals surface area contributed by atoms with Gasteiger partial charge in [-0.3, -0.25) is 0 Å². The van der Waals surface area contributed by atoms with Crippen molar-refractivity contribution < 1.29 is 19.7 Å². The molecular formula is C15H21NO4. The number of aliphatic hydroxyl groups excluding tert-OH is 1. The second-order valence-electron chi connectivity index (χ2n) is 6.18. The second kappa shape index (κ2) is 5.07. The number of carbonyl (C=O) groups is 1. The molecule has 2 rings (SSSR count). The highest BCUT2D eigenvalue weighted by Gasteiger charge is 2.47. The van der Waals surface area contributed by atoms with E-state index in [1.807, 2.05) is 12.1 Å². The molecule has 0 atom stereocenters. The van der Waals surface area contributed by atoms with Gasteiger partial charge in [0.2, 0.25) is 0 Å². The van der Waals surface area contributed by atoms with E-state index in [9.17, 15) is 15.0 Å². The van der Waals surface area contributed by atoms with Gasteiger partial charge in [0.15, 0.2) is 0 Å². The second-order valence-corrected chi connectivity index (χ2v) is 6.18. The van der Waals surface area contributed by atoms with Crippen LogP contribution in [0.4, 0.5) is 4.79 Å². The minimum Gasteiger partial charge on any atom is -0.444 e. The lowest BCUT2D eigenvalue weighted by molar-refractivity contribution is -0.104. The Hall–Kier alpha value is -1.59. The molecule has 0 bridgehead atoms. The predicted octanol–water partition coefficient (Wildman–Crippen LogP) is 1.62. The van der Waals surface area contributed by atoms with Crippen molar-refractivity contribution in [2.75, 3.05) is 13.1 Å². The van der Waals surface area contributed by atoms with Crippen molar-refractivity contribution >= 4 is 6.09 Å². The van der Waals surface area contributed by atoms with Crippen molar-refractivity contribution in [3.05, 3.63) is 35.4 Å². The van der Waals surface area contributed by atoms with Crippen LogP contribution >= 0.6 is 0 Å². The molecule has 0 aliphatic carbocycles. The van der Waals surface area contributed by atoms with E-state index in [1.165, 1.54) is 4.90 Å². The largest absolute Gasteiger partial charge is 0.444 e. The van der Waals surface area contributed by atoms with E-state index in [-0.39, 0.29) is 19.7 Å². The topological polar surface area (TPSA) is 70.0 Å². The van der Waals surface area contributed by atoms with Gasteiger partial charge in [0, 0.05) is 0 Å². The molecule has 1 aliphatic heterocycles. The number of amides is 1. The molecule has 0 unspecified atom stereocenters. The Morgan fingerprint density at radius 2 is 1.95 bits per heavy atom. The van der Waals surface area contributed by atoms with Crippen LogP contribution in [0.5, 0.6) is 0 Å². The summed E-state index contributed by atoms with van der Waals surface area (Å²) in [5.74, 6) is 0. The van der Waals surface area contributed by atoms with Crippen LogP contribution in [0.3, 0.4) is 0 Å². The smallest absolute Gasteiger partial charge is 0.410 e. The molecule has 1 heterocycles. The first-order valence-electron chi connectivity index (χ1n) is 6.65. The highest BCUT2D eigenvalue weighted by atomic mass is 16.6. The molecule has 1 saturated heterocycles. The molecule has 1 aliphatic rings. The molecular weight excluding hydrogens is 258 g/mol. The van der Waals surface area contributed by atoms with Crippen molar-refractivity contribution in [2.45, 2.75) is 38.6 Å². The van der Waals surface area contributed by atoms with Crippen LogP contribution in [0.1, 0.15) is 31.9 Å². The highest BCUT2D eigenvalue weighted by molar-refractivity contribution is 5.70. The number of ether oxygens (including phenoxy) is 1. The van der Waals surface area contributed by atoms with Gasteiger partial charge in [-0.15, -0.1) is 0 Å². The Labute approximate surface area is 118 Å². The molecule has 0 spiro atoms. The SMILES string of the molecule is CC(C)(C)OC(=O)N1CC(O)(c2ccccc2CO)C1. The number of aliphatic hydroxyl groups is 2. The summed E-state index contributed by atoms with van der Waals surface area (Å²) < 4.78 is 5.25. The zero-order valence-corrected chi connectivity index (χ0v) is 12.1.